The predicted octanol–water partition coefficient (Wildman–Crippen LogP) is 2.93. The van der Waals surface area contributed by atoms with Gasteiger partial charge in [-0.05, 0) is 17.7 Å². The summed E-state index contributed by atoms with van der Waals surface area (Å²) < 4.78 is 4.92. The van der Waals surface area contributed by atoms with Gasteiger partial charge in [0.25, 0.3) is 0 Å². The molecule has 0 bridgehead atoms. The van der Waals surface area contributed by atoms with Crippen LogP contribution in [0.2, 0.25) is 0 Å². The van der Waals surface area contributed by atoms with Crippen molar-refractivity contribution in [3.05, 3.63) is 76.1 Å². The Morgan fingerprint density at radius 1 is 1.00 bits per heavy atom. The molecule has 4 nitrogen and oxygen atoms in total. The van der Waals surface area contributed by atoms with Gasteiger partial charge in [-0.15, -0.1) is 0 Å². The molecule has 0 radical (unpaired) electrons. The maximum Gasteiger partial charge on any atom is 0.361 e. The van der Waals surface area contributed by atoms with Gasteiger partial charge in [0.2, 0.25) is 0 Å². The van der Waals surface area contributed by atoms with Crippen LogP contribution < -0.4 is 5.63 Å². The van der Waals surface area contributed by atoms with Gasteiger partial charge in [-0.25, -0.2) is 9.95 Å². The van der Waals surface area contributed by atoms with Crippen molar-refractivity contribution in [3.63, 3.8) is 0 Å². The topological polar surface area (TPSA) is 66.2 Å². The number of aromatic amines is 1. The summed E-state index contributed by atoms with van der Waals surface area (Å²) >= 11 is 0. The molecule has 0 aliphatic carbocycles. The second-order valence-electron chi connectivity index (χ2n) is 4.55. The summed E-state index contributed by atoms with van der Waals surface area (Å²) in [4.78, 5) is 11.8. The summed E-state index contributed by atoms with van der Waals surface area (Å²) in [5.41, 5.74) is 2.77. The van der Waals surface area contributed by atoms with Crippen LogP contribution in [0.1, 0.15) is 11.1 Å². The number of hydrogen-bond acceptors (Lipinski definition) is 3. The van der Waals surface area contributed by atoms with Crippen molar-refractivity contribution in [2.24, 2.45) is 0 Å². The van der Waals surface area contributed by atoms with Crippen LogP contribution >= 0.6 is 0 Å². The fourth-order valence-corrected chi connectivity index (χ4v) is 2.14. The van der Waals surface area contributed by atoms with E-state index in [1.165, 1.54) is 0 Å². The maximum absolute atomic E-state index is 11.8. The largest absolute Gasteiger partial charge is 0.508 e. The van der Waals surface area contributed by atoms with Crippen LogP contribution in [0.25, 0.3) is 11.3 Å². The molecule has 20 heavy (non-hydrogen) atoms. The zero-order valence-corrected chi connectivity index (χ0v) is 10.7. The van der Waals surface area contributed by atoms with Crippen molar-refractivity contribution in [3.8, 4) is 17.0 Å². The van der Waals surface area contributed by atoms with Crippen LogP contribution in [0.4, 0.5) is 0 Å². The summed E-state index contributed by atoms with van der Waals surface area (Å²) in [7, 11) is 0. The Balaban J connectivity index is 2.00. The number of phenolic OH excluding ortho intramolecular Hbond substituents is 1. The first-order valence-electron chi connectivity index (χ1n) is 6.28. The Hall–Kier alpha value is -2.75. The van der Waals surface area contributed by atoms with Gasteiger partial charge in [0, 0.05) is 12.0 Å². The Morgan fingerprint density at radius 2 is 1.70 bits per heavy atom. The van der Waals surface area contributed by atoms with Crippen LogP contribution in [0.5, 0.6) is 5.75 Å². The summed E-state index contributed by atoms with van der Waals surface area (Å²) in [5.74, 6) is 0.207. The van der Waals surface area contributed by atoms with Crippen molar-refractivity contribution in [1.82, 2.24) is 5.16 Å². The molecule has 0 saturated carbocycles. The highest BCUT2D eigenvalue weighted by Gasteiger charge is 2.14. The molecule has 2 aromatic carbocycles. The number of nitrogens with one attached hydrogen (secondary N) is 1. The van der Waals surface area contributed by atoms with E-state index < -0.39 is 0 Å². The van der Waals surface area contributed by atoms with Gasteiger partial charge in [0.15, 0.2) is 0 Å². The van der Waals surface area contributed by atoms with Crippen molar-refractivity contribution in [1.29, 1.82) is 0 Å². The lowest BCUT2D eigenvalue weighted by Crippen LogP contribution is -2.03. The van der Waals surface area contributed by atoms with Crippen LogP contribution in [-0.4, -0.2) is 10.3 Å². The fourth-order valence-electron chi connectivity index (χ4n) is 2.14. The molecule has 0 aliphatic heterocycles. The SMILES string of the molecule is O=c1o[nH]c(-c2ccccc2)c1Cc1ccc(O)cc1. The average Bonchev–Trinajstić information content (AvgIpc) is 2.84. The lowest BCUT2D eigenvalue weighted by molar-refractivity contribution is 0.392. The Bertz CT molecular complexity index is 754. The quantitative estimate of drug-likeness (QED) is 0.766. The summed E-state index contributed by atoms with van der Waals surface area (Å²) in [5, 5.41) is 12.0. The monoisotopic (exact) mass is 267 g/mol. The molecule has 4 heteroatoms. The first-order valence-corrected chi connectivity index (χ1v) is 6.28. The van der Waals surface area contributed by atoms with E-state index in [1.807, 2.05) is 30.3 Å². The molecule has 0 amide bonds. The van der Waals surface area contributed by atoms with Crippen molar-refractivity contribution in [2.75, 3.05) is 0 Å². The number of phenols is 1. The molecule has 1 heterocycles. The molecule has 0 fully saturated rings. The second kappa shape index (κ2) is 5.09. The fraction of sp³-hybridized carbons (Fsp3) is 0.0625. The van der Waals surface area contributed by atoms with Crippen LogP contribution in [0.15, 0.2) is 63.9 Å². The Kier molecular flexibility index (Phi) is 3.13. The van der Waals surface area contributed by atoms with Gasteiger partial charge in [-0.3, -0.25) is 0 Å². The Labute approximate surface area is 115 Å². The van der Waals surface area contributed by atoms with E-state index in [0.717, 1.165) is 11.1 Å². The molecule has 100 valence electrons. The number of aromatic hydroxyl groups is 1. The number of benzene rings is 2. The maximum atomic E-state index is 11.8. The van der Waals surface area contributed by atoms with Gasteiger partial charge in [0.1, 0.15) is 5.75 Å². The van der Waals surface area contributed by atoms with Crippen LogP contribution in [0.3, 0.4) is 0 Å². The van der Waals surface area contributed by atoms with Gasteiger partial charge < -0.3 is 9.63 Å². The van der Waals surface area contributed by atoms with E-state index in [-0.39, 0.29) is 11.4 Å². The average molecular weight is 267 g/mol. The van der Waals surface area contributed by atoms with Crippen molar-refractivity contribution in [2.45, 2.75) is 6.42 Å². The van der Waals surface area contributed by atoms with Gasteiger partial charge >= 0.3 is 5.63 Å². The van der Waals surface area contributed by atoms with Crippen molar-refractivity contribution < 1.29 is 9.63 Å². The summed E-state index contributed by atoms with van der Waals surface area (Å²) in [6, 6.07) is 16.4. The highest BCUT2D eigenvalue weighted by molar-refractivity contribution is 5.62. The molecule has 3 rings (SSSR count). The number of H-pyrrole nitrogens is 1. The zero-order chi connectivity index (χ0) is 13.9. The van der Waals surface area contributed by atoms with Gasteiger partial charge in [-0.2, -0.15) is 0 Å². The molecular formula is C16H13NO3. The minimum absolute atomic E-state index is 0.207. The van der Waals surface area contributed by atoms with Gasteiger partial charge in [-0.1, -0.05) is 42.5 Å². The van der Waals surface area contributed by atoms with Crippen LogP contribution in [-0.2, 0) is 6.42 Å². The van der Waals surface area contributed by atoms with E-state index in [4.69, 9.17) is 4.52 Å². The highest BCUT2D eigenvalue weighted by atomic mass is 16.5. The van der Waals surface area contributed by atoms with E-state index in [1.54, 1.807) is 24.3 Å². The van der Waals surface area contributed by atoms with E-state index >= 15 is 0 Å². The second-order valence-corrected chi connectivity index (χ2v) is 4.55. The van der Waals surface area contributed by atoms with E-state index in [9.17, 15) is 9.90 Å². The molecule has 0 aliphatic rings. The first kappa shape index (κ1) is 12.3. The minimum atomic E-state index is -0.364. The minimum Gasteiger partial charge on any atom is -0.508 e. The standard InChI is InChI=1S/C16H13NO3/c18-13-8-6-11(7-9-13)10-14-15(17-20-16(14)19)12-4-2-1-3-5-12/h1-9,17-18H,10H2. The lowest BCUT2D eigenvalue weighted by atomic mass is 10.0. The zero-order valence-electron chi connectivity index (χ0n) is 10.7. The molecule has 1 aromatic heterocycles. The smallest absolute Gasteiger partial charge is 0.361 e. The van der Waals surface area contributed by atoms with Gasteiger partial charge in [0.05, 0.1) is 11.3 Å². The highest BCUT2D eigenvalue weighted by Crippen LogP contribution is 2.22. The third-order valence-corrected chi connectivity index (χ3v) is 3.17. The molecule has 0 unspecified atom stereocenters. The summed E-state index contributed by atoms with van der Waals surface area (Å²) in [6.45, 7) is 0. The molecule has 0 saturated heterocycles. The predicted molar refractivity (Wildman–Crippen MR) is 75.7 cm³/mol. The Morgan fingerprint density at radius 3 is 2.40 bits per heavy atom. The number of rotatable bonds is 3. The molecule has 3 aromatic rings. The van der Waals surface area contributed by atoms with Crippen LogP contribution in [0, 0.1) is 0 Å². The lowest BCUT2D eigenvalue weighted by Gasteiger charge is -2.02. The van der Waals surface area contributed by atoms with E-state index in [2.05, 4.69) is 5.16 Å². The third-order valence-electron chi connectivity index (χ3n) is 3.17. The molecule has 0 spiro atoms. The molecule has 0 atom stereocenters. The van der Waals surface area contributed by atoms with E-state index in [0.29, 0.717) is 17.7 Å². The first-order chi connectivity index (χ1) is 9.74. The molecular weight excluding hydrogens is 254 g/mol. The number of aromatic nitrogens is 1. The number of hydrogen-bond donors (Lipinski definition) is 2. The van der Waals surface area contributed by atoms with Crippen molar-refractivity contribution >= 4 is 0 Å². The third kappa shape index (κ3) is 2.36. The molecule has 2 N–H and O–H groups in total. The normalized spacial score (nSPS) is 10.6. The summed E-state index contributed by atoms with van der Waals surface area (Å²) in [6.07, 6.45) is 0.455.